The predicted octanol–water partition coefficient (Wildman–Crippen LogP) is 4.41. The molecule has 8 nitrogen and oxygen atoms in total. The van der Waals surface area contributed by atoms with E-state index < -0.39 is 5.82 Å². The molecular formula is C20H16FN7OS. The lowest BCUT2D eigenvalue weighted by atomic mass is 10.2. The first-order valence-corrected chi connectivity index (χ1v) is 10.0. The molecule has 0 fully saturated rings. The van der Waals surface area contributed by atoms with E-state index in [0.717, 1.165) is 27.7 Å². The van der Waals surface area contributed by atoms with Gasteiger partial charge in [-0.1, -0.05) is 0 Å². The van der Waals surface area contributed by atoms with Crippen molar-refractivity contribution < 1.29 is 9.18 Å². The molecule has 3 heterocycles. The number of benzene rings is 2. The summed E-state index contributed by atoms with van der Waals surface area (Å²) in [4.78, 5) is 21.1. The van der Waals surface area contributed by atoms with Crippen LogP contribution in [0.4, 0.5) is 33.2 Å². The molecule has 150 valence electrons. The third-order valence-corrected chi connectivity index (χ3v) is 5.79. The van der Waals surface area contributed by atoms with Gasteiger partial charge in [0.2, 0.25) is 11.9 Å². The van der Waals surface area contributed by atoms with Gasteiger partial charge in [0, 0.05) is 21.7 Å². The Morgan fingerprint density at radius 3 is 2.83 bits per heavy atom. The molecule has 1 aliphatic rings. The Hall–Kier alpha value is -3.66. The molecule has 1 aliphatic heterocycles. The molecule has 0 saturated carbocycles. The molecule has 0 aliphatic carbocycles. The van der Waals surface area contributed by atoms with E-state index in [4.69, 9.17) is 0 Å². The second-order valence-electron chi connectivity index (χ2n) is 6.77. The number of fused-ring (bicyclic) bond motifs is 2. The predicted molar refractivity (Wildman–Crippen MR) is 115 cm³/mol. The standard InChI is InChI=1S/C20H16FN7OS/c1-10-19(29)26-16-7-12(4-5-17(16)30-10)24-18-14(21)9-22-20(27-18)25-13-3-2-11-8-23-28-15(11)6-13/h2-10H,1H3,(H,23,28)(H,26,29)(H2,22,24,25,27). The number of carbonyl (C=O) groups excluding carboxylic acids is 1. The summed E-state index contributed by atoms with van der Waals surface area (Å²) in [6.07, 6.45) is 2.83. The van der Waals surface area contributed by atoms with E-state index in [1.165, 1.54) is 11.8 Å². The van der Waals surface area contributed by atoms with Gasteiger partial charge in [-0.05, 0) is 43.3 Å². The van der Waals surface area contributed by atoms with Crippen LogP contribution in [-0.2, 0) is 4.79 Å². The highest BCUT2D eigenvalue weighted by Gasteiger charge is 2.23. The zero-order valence-electron chi connectivity index (χ0n) is 15.7. The fourth-order valence-corrected chi connectivity index (χ4v) is 4.01. The first-order valence-electron chi connectivity index (χ1n) is 9.16. The van der Waals surface area contributed by atoms with Crippen molar-refractivity contribution in [2.45, 2.75) is 17.1 Å². The minimum atomic E-state index is -0.589. The van der Waals surface area contributed by atoms with Crippen LogP contribution in [-0.4, -0.2) is 31.3 Å². The zero-order chi connectivity index (χ0) is 20.7. The zero-order valence-corrected chi connectivity index (χ0v) is 16.5. The molecule has 2 aromatic carbocycles. The highest BCUT2D eigenvalue weighted by molar-refractivity contribution is 8.00. The van der Waals surface area contributed by atoms with Crippen molar-refractivity contribution in [3.63, 3.8) is 0 Å². The van der Waals surface area contributed by atoms with Gasteiger partial charge in [-0.25, -0.2) is 9.37 Å². The number of aromatic amines is 1. The van der Waals surface area contributed by atoms with Gasteiger partial charge in [-0.3, -0.25) is 9.89 Å². The topological polar surface area (TPSA) is 108 Å². The van der Waals surface area contributed by atoms with Crippen molar-refractivity contribution in [2.75, 3.05) is 16.0 Å². The number of halogens is 1. The van der Waals surface area contributed by atoms with Crippen molar-refractivity contribution in [2.24, 2.45) is 0 Å². The largest absolute Gasteiger partial charge is 0.338 e. The van der Waals surface area contributed by atoms with E-state index in [0.29, 0.717) is 11.4 Å². The Morgan fingerprint density at radius 2 is 1.93 bits per heavy atom. The first-order chi connectivity index (χ1) is 14.5. The first kappa shape index (κ1) is 18.4. The van der Waals surface area contributed by atoms with Crippen LogP contribution in [0, 0.1) is 5.82 Å². The minimum absolute atomic E-state index is 0.0261. The van der Waals surface area contributed by atoms with Crippen LogP contribution in [0.1, 0.15) is 6.92 Å². The lowest BCUT2D eigenvalue weighted by molar-refractivity contribution is -0.115. The molecule has 4 aromatic rings. The number of amides is 1. The Bertz CT molecular complexity index is 1280. The fourth-order valence-electron chi connectivity index (χ4n) is 3.08. The highest BCUT2D eigenvalue weighted by atomic mass is 32.2. The van der Waals surface area contributed by atoms with E-state index in [-0.39, 0.29) is 22.9 Å². The van der Waals surface area contributed by atoms with E-state index in [2.05, 4.69) is 36.1 Å². The molecule has 0 radical (unpaired) electrons. The number of hydrogen-bond acceptors (Lipinski definition) is 7. The number of thioether (sulfide) groups is 1. The summed E-state index contributed by atoms with van der Waals surface area (Å²) in [7, 11) is 0. The van der Waals surface area contributed by atoms with Crippen molar-refractivity contribution in [1.82, 2.24) is 20.2 Å². The molecular weight excluding hydrogens is 405 g/mol. The molecule has 0 spiro atoms. The minimum Gasteiger partial charge on any atom is -0.338 e. The molecule has 1 unspecified atom stereocenters. The van der Waals surface area contributed by atoms with Gasteiger partial charge in [0.15, 0.2) is 11.6 Å². The highest BCUT2D eigenvalue weighted by Crippen LogP contribution is 2.37. The number of anilines is 5. The lowest BCUT2D eigenvalue weighted by Gasteiger charge is -2.22. The van der Waals surface area contributed by atoms with Crippen LogP contribution >= 0.6 is 11.8 Å². The second kappa shape index (κ2) is 7.30. The van der Waals surface area contributed by atoms with E-state index in [1.807, 2.05) is 37.3 Å². The fraction of sp³-hybridized carbons (Fsp3) is 0.100. The van der Waals surface area contributed by atoms with Crippen LogP contribution in [0.2, 0.25) is 0 Å². The number of hydrogen-bond donors (Lipinski definition) is 4. The van der Waals surface area contributed by atoms with E-state index >= 15 is 0 Å². The average molecular weight is 421 g/mol. The van der Waals surface area contributed by atoms with Crippen molar-refractivity contribution in [1.29, 1.82) is 0 Å². The quantitative estimate of drug-likeness (QED) is 0.386. The monoisotopic (exact) mass is 421 g/mol. The van der Waals surface area contributed by atoms with Crippen LogP contribution in [0.5, 0.6) is 0 Å². The third-order valence-electron chi connectivity index (χ3n) is 4.62. The molecule has 2 aromatic heterocycles. The van der Waals surface area contributed by atoms with Gasteiger partial charge in [0.25, 0.3) is 0 Å². The van der Waals surface area contributed by atoms with Crippen molar-refractivity contribution in [3.05, 3.63) is 54.6 Å². The maximum absolute atomic E-state index is 14.3. The molecule has 0 bridgehead atoms. The second-order valence-corrected chi connectivity index (χ2v) is 8.16. The van der Waals surface area contributed by atoms with Crippen LogP contribution in [0.3, 0.4) is 0 Å². The van der Waals surface area contributed by atoms with Crippen LogP contribution in [0.15, 0.2) is 53.7 Å². The van der Waals surface area contributed by atoms with Gasteiger partial charge < -0.3 is 16.0 Å². The van der Waals surface area contributed by atoms with Crippen LogP contribution in [0.25, 0.3) is 10.9 Å². The molecule has 4 N–H and O–H groups in total. The molecule has 0 saturated heterocycles. The number of aromatic nitrogens is 4. The van der Waals surface area contributed by atoms with Gasteiger partial charge in [0.1, 0.15) is 0 Å². The smallest absolute Gasteiger partial charge is 0.237 e. The van der Waals surface area contributed by atoms with Crippen LogP contribution < -0.4 is 16.0 Å². The molecule has 10 heteroatoms. The number of nitrogens with zero attached hydrogens (tertiary/aromatic N) is 3. The van der Waals surface area contributed by atoms with Gasteiger partial charge >= 0.3 is 0 Å². The lowest BCUT2D eigenvalue weighted by Crippen LogP contribution is -2.26. The number of rotatable bonds is 4. The van der Waals surface area contributed by atoms with Gasteiger partial charge in [0.05, 0.1) is 28.8 Å². The van der Waals surface area contributed by atoms with E-state index in [1.54, 1.807) is 12.3 Å². The molecule has 30 heavy (non-hydrogen) atoms. The van der Waals surface area contributed by atoms with E-state index in [9.17, 15) is 9.18 Å². The maximum atomic E-state index is 14.3. The summed E-state index contributed by atoms with van der Waals surface area (Å²) in [6.45, 7) is 1.85. The van der Waals surface area contributed by atoms with Gasteiger partial charge in [-0.15, -0.1) is 11.8 Å². The van der Waals surface area contributed by atoms with Crippen molar-refractivity contribution in [3.8, 4) is 0 Å². The Kier molecular flexibility index (Phi) is 4.47. The van der Waals surface area contributed by atoms with Gasteiger partial charge in [-0.2, -0.15) is 10.1 Å². The summed E-state index contributed by atoms with van der Waals surface area (Å²) < 4.78 is 14.3. The third kappa shape index (κ3) is 3.52. The number of H-pyrrole nitrogens is 1. The Labute approximate surface area is 174 Å². The summed E-state index contributed by atoms with van der Waals surface area (Å²) in [5, 5.41) is 16.6. The summed E-state index contributed by atoms with van der Waals surface area (Å²) in [6, 6.07) is 11.1. The van der Waals surface area contributed by atoms with Crippen molar-refractivity contribution >= 4 is 57.4 Å². The average Bonchev–Trinajstić information content (AvgIpc) is 3.19. The Balaban J connectivity index is 1.38. The molecule has 1 atom stereocenters. The summed E-state index contributed by atoms with van der Waals surface area (Å²) >= 11 is 1.49. The Morgan fingerprint density at radius 1 is 1.10 bits per heavy atom. The molecule has 1 amide bonds. The summed E-state index contributed by atoms with van der Waals surface area (Å²) in [5.74, 6) is -0.375. The molecule has 5 rings (SSSR count). The SMILES string of the molecule is CC1Sc2ccc(Nc3nc(Nc4ccc5cn[nH]c5c4)ncc3F)cc2NC1=O. The number of nitrogens with one attached hydrogen (secondary N) is 4. The summed E-state index contributed by atoms with van der Waals surface area (Å²) in [5.41, 5.74) is 2.90. The number of carbonyl (C=O) groups is 1. The maximum Gasteiger partial charge on any atom is 0.237 e. The normalized spacial score (nSPS) is 15.5.